The monoisotopic (exact) mass is 300 g/mol. The maximum Gasteiger partial charge on any atom is 0.0542 e. The molecule has 0 aromatic carbocycles. The van der Waals surface area contributed by atoms with E-state index in [-0.39, 0.29) is 18.1 Å². The molecule has 3 nitrogen and oxygen atoms in total. The zero-order valence-corrected chi connectivity index (χ0v) is 12.3. The Balaban J connectivity index is 2.54. The summed E-state index contributed by atoms with van der Waals surface area (Å²) in [5.74, 6) is 0. The highest BCUT2D eigenvalue weighted by Crippen LogP contribution is 2.21. The summed E-state index contributed by atoms with van der Waals surface area (Å²) >= 11 is 3.37. The Morgan fingerprint density at radius 1 is 1.41 bits per heavy atom. The molecular weight excluding hydrogens is 280 g/mol. The van der Waals surface area contributed by atoms with E-state index in [9.17, 15) is 0 Å². The molecule has 0 saturated heterocycles. The first-order valence-corrected chi connectivity index (χ1v) is 6.67. The second kappa shape index (κ2) is 6.47. The number of halogens is 1. The average Bonchev–Trinajstić information content (AvgIpc) is 2.25. The number of aromatic nitrogens is 1. The summed E-state index contributed by atoms with van der Waals surface area (Å²) in [7, 11) is 0. The number of rotatable bonds is 5. The molecular formula is C13H21BrN2O. The highest BCUT2D eigenvalue weighted by molar-refractivity contribution is 9.10. The zero-order valence-electron chi connectivity index (χ0n) is 10.7. The Bertz CT molecular complexity index is 332. The van der Waals surface area contributed by atoms with Crippen molar-refractivity contribution in [1.82, 2.24) is 10.3 Å². The van der Waals surface area contributed by atoms with Gasteiger partial charge in [-0.15, -0.1) is 0 Å². The second-order valence-electron chi connectivity index (χ2n) is 5.28. The lowest BCUT2D eigenvalue weighted by molar-refractivity contribution is 0.196. The van der Waals surface area contributed by atoms with E-state index >= 15 is 0 Å². The smallest absolute Gasteiger partial charge is 0.0542 e. The van der Waals surface area contributed by atoms with Gasteiger partial charge in [0.05, 0.1) is 5.69 Å². The summed E-state index contributed by atoms with van der Waals surface area (Å²) in [6, 6.07) is 4.27. The molecule has 0 aliphatic heterocycles. The maximum atomic E-state index is 9.07. The molecule has 0 bridgehead atoms. The van der Waals surface area contributed by atoms with Gasteiger partial charge in [-0.05, 0) is 39.9 Å². The molecule has 4 heteroatoms. The van der Waals surface area contributed by atoms with Crippen LogP contribution in [0.15, 0.2) is 22.8 Å². The molecule has 0 saturated carbocycles. The van der Waals surface area contributed by atoms with Crippen molar-refractivity contribution < 1.29 is 5.11 Å². The van der Waals surface area contributed by atoms with E-state index in [1.807, 2.05) is 12.1 Å². The number of pyridine rings is 1. The van der Waals surface area contributed by atoms with Crippen LogP contribution in [0, 0.1) is 5.41 Å². The first-order chi connectivity index (χ1) is 7.93. The minimum absolute atomic E-state index is 0.137. The molecule has 1 aromatic rings. The van der Waals surface area contributed by atoms with E-state index in [0.717, 1.165) is 23.1 Å². The van der Waals surface area contributed by atoms with Crippen LogP contribution >= 0.6 is 15.9 Å². The normalized spacial score (nSPS) is 13.7. The number of aliphatic hydroxyl groups is 1. The minimum Gasteiger partial charge on any atom is -0.396 e. The van der Waals surface area contributed by atoms with Gasteiger partial charge in [0.1, 0.15) is 0 Å². The topological polar surface area (TPSA) is 45.1 Å². The Morgan fingerprint density at radius 3 is 2.59 bits per heavy atom. The van der Waals surface area contributed by atoms with Gasteiger partial charge in [0.15, 0.2) is 0 Å². The van der Waals surface area contributed by atoms with Gasteiger partial charge in [0.25, 0.3) is 0 Å². The summed E-state index contributed by atoms with van der Waals surface area (Å²) < 4.78 is 0.990. The lowest BCUT2D eigenvalue weighted by Gasteiger charge is -2.31. The van der Waals surface area contributed by atoms with Crippen molar-refractivity contribution in [2.75, 3.05) is 6.61 Å². The highest BCUT2D eigenvalue weighted by atomic mass is 79.9. The number of hydrogen-bond donors (Lipinski definition) is 2. The van der Waals surface area contributed by atoms with Gasteiger partial charge in [-0.1, -0.05) is 20.8 Å². The van der Waals surface area contributed by atoms with Gasteiger partial charge < -0.3 is 10.4 Å². The predicted molar refractivity (Wildman–Crippen MR) is 73.7 cm³/mol. The summed E-state index contributed by atoms with van der Waals surface area (Å²) in [6.07, 6.45) is 2.56. The van der Waals surface area contributed by atoms with Crippen LogP contribution in [0.5, 0.6) is 0 Å². The molecule has 0 amide bonds. The van der Waals surface area contributed by atoms with E-state index in [2.05, 4.69) is 47.0 Å². The lowest BCUT2D eigenvalue weighted by Crippen LogP contribution is -2.40. The number of hydrogen-bond acceptors (Lipinski definition) is 3. The van der Waals surface area contributed by atoms with Crippen LogP contribution in [0.25, 0.3) is 0 Å². The fourth-order valence-electron chi connectivity index (χ4n) is 1.71. The van der Waals surface area contributed by atoms with Crippen LogP contribution in [0.4, 0.5) is 0 Å². The Labute approximate surface area is 112 Å². The summed E-state index contributed by atoms with van der Waals surface area (Å²) in [4.78, 5) is 4.32. The number of aliphatic hydroxyl groups excluding tert-OH is 1. The summed E-state index contributed by atoms with van der Waals surface area (Å²) in [6.45, 7) is 7.47. The molecule has 1 atom stereocenters. The van der Waals surface area contributed by atoms with Crippen LogP contribution in [-0.4, -0.2) is 22.7 Å². The zero-order chi connectivity index (χ0) is 12.9. The molecule has 2 N–H and O–H groups in total. The number of nitrogens with one attached hydrogen (secondary N) is 1. The quantitative estimate of drug-likeness (QED) is 0.879. The third kappa shape index (κ3) is 5.15. The van der Waals surface area contributed by atoms with E-state index in [1.165, 1.54) is 0 Å². The van der Waals surface area contributed by atoms with Crippen molar-refractivity contribution in [3.8, 4) is 0 Å². The van der Waals surface area contributed by atoms with Crippen LogP contribution in [0.1, 0.15) is 32.9 Å². The molecule has 0 aliphatic carbocycles. The van der Waals surface area contributed by atoms with Crippen molar-refractivity contribution in [2.45, 2.75) is 39.8 Å². The van der Waals surface area contributed by atoms with E-state index in [0.29, 0.717) is 0 Å². The third-order valence-corrected chi connectivity index (χ3v) is 3.25. The molecule has 96 valence electrons. The molecule has 1 heterocycles. The van der Waals surface area contributed by atoms with Crippen molar-refractivity contribution >= 4 is 15.9 Å². The highest BCUT2D eigenvalue weighted by Gasteiger charge is 2.23. The molecule has 17 heavy (non-hydrogen) atoms. The van der Waals surface area contributed by atoms with Gasteiger partial charge >= 0.3 is 0 Å². The largest absolute Gasteiger partial charge is 0.396 e. The first-order valence-electron chi connectivity index (χ1n) is 5.88. The van der Waals surface area contributed by atoms with Crippen LogP contribution < -0.4 is 5.32 Å². The second-order valence-corrected chi connectivity index (χ2v) is 6.20. The Hall–Kier alpha value is -0.450. The first kappa shape index (κ1) is 14.6. The summed E-state index contributed by atoms with van der Waals surface area (Å²) in [5.41, 5.74) is 1.15. The molecule has 0 radical (unpaired) electrons. The van der Waals surface area contributed by atoms with Crippen molar-refractivity contribution in [1.29, 1.82) is 0 Å². The van der Waals surface area contributed by atoms with E-state index < -0.39 is 0 Å². The van der Waals surface area contributed by atoms with Crippen molar-refractivity contribution in [2.24, 2.45) is 5.41 Å². The molecule has 0 spiro atoms. The summed E-state index contributed by atoms with van der Waals surface area (Å²) in [5, 5.41) is 12.5. The SMILES string of the molecule is CC(C)(C)C(CCO)NCc1ccc(Br)cn1. The molecule has 1 rings (SSSR count). The van der Waals surface area contributed by atoms with Gasteiger partial charge in [-0.2, -0.15) is 0 Å². The van der Waals surface area contributed by atoms with Crippen molar-refractivity contribution in [3.05, 3.63) is 28.5 Å². The van der Waals surface area contributed by atoms with Crippen LogP contribution in [0.2, 0.25) is 0 Å². The van der Waals surface area contributed by atoms with Gasteiger partial charge in [0, 0.05) is 29.9 Å². The fraction of sp³-hybridized carbons (Fsp3) is 0.615. The van der Waals surface area contributed by atoms with Crippen LogP contribution in [-0.2, 0) is 6.54 Å². The molecule has 0 aliphatic rings. The Morgan fingerprint density at radius 2 is 2.12 bits per heavy atom. The minimum atomic E-state index is 0.137. The fourth-order valence-corrected chi connectivity index (χ4v) is 1.94. The number of nitrogens with zero attached hydrogens (tertiary/aromatic N) is 1. The van der Waals surface area contributed by atoms with E-state index in [1.54, 1.807) is 6.20 Å². The average molecular weight is 301 g/mol. The molecule has 1 unspecified atom stereocenters. The third-order valence-electron chi connectivity index (χ3n) is 2.78. The standard InChI is InChI=1S/C13H21BrN2O/c1-13(2,3)12(6-7-17)16-9-11-5-4-10(14)8-15-11/h4-5,8,12,16-17H,6-7,9H2,1-3H3. The lowest BCUT2D eigenvalue weighted by atomic mass is 9.85. The van der Waals surface area contributed by atoms with Crippen molar-refractivity contribution in [3.63, 3.8) is 0 Å². The van der Waals surface area contributed by atoms with Crippen LogP contribution in [0.3, 0.4) is 0 Å². The maximum absolute atomic E-state index is 9.07. The predicted octanol–water partition coefficient (Wildman–Crippen LogP) is 2.73. The van der Waals surface area contributed by atoms with Gasteiger partial charge in [0.2, 0.25) is 0 Å². The molecule has 1 aromatic heterocycles. The van der Waals surface area contributed by atoms with E-state index in [4.69, 9.17) is 5.11 Å². The molecule has 0 fully saturated rings. The van der Waals surface area contributed by atoms with Gasteiger partial charge in [-0.3, -0.25) is 4.98 Å². The van der Waals surface area contributed by atoms with Gasteiger partial charge in [-0.25, -0.2) is 0 Å². The Kier molecular flexibility index (Phi) is 5.56.